The molecule has 0 aromatic heterocycles. The van der Waals surface area contributed by atoms with Crippen molar-refractivity contribution in [3.05, 3.63) is 29.6 Å². The van der Waals surface area contributed by atoms with Gasteiger partial charge in [-0.05, 0) is 29.7 Å². The number of hydrogen-bond donors (Lipinski definition) is 2. The Balaban J connectivity index is 2.54. The van der Waals surface area contributed by atoms with Gasteiger partial charge in [0.1, 0.15) is 11.9 Å². The molecule has 1 heterocycles. The van der Waals surface area contributed by atoms with Crippen LogP contribution in [-0.4, -0.2) is 24.7 Å². The van der Waals surface area contributed by atoms with Crippen molar-refractivity contribution < 1.29 is 17.6 Å². The molecule has 2 rings (SSSR count). The van der Waals surface area contributed by atoms with Crippen LogP contribution in [0.15, 0.2) is 18.2 Å². The third kappa shape index (κ3) is 3.22. The van der Waals surface area contributed by atoms with Crippen LogP contribution >= 0.6 is 0 Å². The number of benzene rings is 1. The van der Waals surface area contributed by atoms with E-state index in [0.29, 0.717) is 17.7 Å². The molecule has 0 saturated heterocycles. The van der Waals surface area contributed by atoms with E-state index < -0.39 is 28.0 Å². The fourth-order valence-corrected chi connectivity index (χ4v) is 3.37. The Morgan fingerprint density at radius 1 is 1.52 bits per heavy atom. The van der Waals surface area contributed by atoms with Gasteiger partial charge in [0.2, 0.25) is 5.91 Å². The number of hydrogen-bond acceptors (Lipinski definition) is 3. The van der Waals surface area contributed by atoms with E-state index in [-0.39, 0.29) is 12.5 Å². The fourth-order valence-electron chi connectivity index (χ4n) is 2.43. The molecule has 3 N–H and O–H groups in total. The molecule has 1 aromatic carbocycles. The number of nitrogens with two attached hydrogens (primary N) is 1. The molecule has 0 saturated carbocycles. The molecule has 1 aliphatic heterocycles. The van der Waals surface area contributed by atoms with Gasteiger partial charge < -0.3 is 5.32 Å². The van der Waals surface area contributed by atoms with Crippen molar-refractivity contribution in [1.82, 2.24) is 4.31 Å². The summed E-state index contributed by atoms with van der Waals surface area (Å²) in [7, 11) is -4.09. The number of carbonyl (C=O) groups is 1. The number of halogens is 1. The number of nitrogens with zero attached hydrogens (tertiary/aromatic N) is 1. The monoisotopic (exact) mass is 315 g/mol. The van der Waals surface area contributed by atoms with E-state index in [2.05, 4.69) is 5.32 Å². The summed E-state index contributed by atoms with van der Waals surface area (Å²) >= 11 is 0. The van der Waals surface area contributed by atoms with Gasteiger partial charge in [-0.1, -0.05) is 20.3 Å². The molecule has 21 heavy (non-hydrogen) atoms. The third-order valence-corrected chi connectivity index (χ3v) is 4.75. The van der Waals surface area contributed by atoms with Gasteiger partial charge in [-0.25, -0.2) is 9.53 Å². The smallest absolute Gasteiger partial charge is 0.277 e. The Kier molecular flexibility index (Phi) is 4.31. The minimum absolute atomic E-state index is 0.139. The van der Waals surface area contributed by atoms with E-state index in [0.717, 1.165) is 4.31 Å². The number of amides is 1. The normalized spacial score (nSPS) is 21.3. The minimum Gasteiger partial charge on any atom is -0.324 e. The van der Waals surface area contributed by atoms with Crippen molar-refractivity contribution in [2.75, 3.05) is 5.32 Å². The van der Waals surface area contributed by atoms with Crippen LogP contribution in [0, 0.1) is 11.7 Å². The predicted octanol–water partition coefficient (Wildman–Crippen LogP) is 1.20. The summed E-state index contributed by atoms with van der Waals surface area (Å²) in [5, 5.41) is 7.89. The zero-order chi connectivity index (χ0) is 15.8. The second-order valence-corrected chi connectivity index (χ2v) is 6.71. The minimum atomic E-state index is -4.09. The SMILES string of the molecule is CC[C@H](C)[C@H]1C(=O)Nc2ccc(F)cc2CN1S(N)(=O)=O. The van der Waals surface area contributed by atoms with Crippen molar-refractivity contribution in [3.63, 3.8) is 0 Å². The Hall–Kier alpha value is -1.51. The van der Waals surface area contributed by atoms with E-state index in [1.165, 1.54) is 18.2 Å². The molecular formula is C13H18FN3O3S. The molecule has 0 fully saturated rings. The molecule has 0 radical (unpaired) electrons. The first kappa shape index (κ1) is 15.9. The Morgan fingerprint density at radius 3 is 2.76 bits per heavy atom. The standard InChI is InChI=1S/C13H18FN3O3S/c1-3-8(2)12-13(18)16-11-5-4-10(14)6-9(11)7-17(12)21(15,19)20/h4-6,8,12H,3,7H2,1-2H3,(H,16,18)(H2,15,19,20)/t8-,12-/m0/s1. The molecule has 0 spiro atoms. The van der Waals surface area contributed by atoms with Crippen molar-refractivity contribution in [2.24, 2.45) is 11.1 Å². The molecule has 0 unspecified atom stereocenters. The van der Waals surface area contributed by atoms with E-state index in [1.54, 1.807) is 6.92 Å². The number of anilines is 1. The molecule has 0 aliphatic carbocycles. The number of fused-ring (bicyclic) bond motifs is 1. The second-order valence-electron chi connectivity index (χ2n) is 5.21. The lowest BCUT2D eigenvalue weighted by Crippen LogP contribution is -2.51. The lowest BCUT2D eigenvalue weighted by Gasteiger charge is -2.29. The molecule has 1 aromatic rings. The Labute approximate surface area is 123 Å². The summed E-state index contributed by atoms with van der Waals surface area (Å²) < 4.78 is 38.0. The highest BCUT2D eigenvalue weighted by Gasteiger charge is 2.39. The molecule has 1 amide bonds. The summed E-state index contributed by atoms with van der Waals surface area (Å²) in [5.74, 6) is -1.18. The third-order valence-electron chi connectivity index (χ3n) is 3.74. The average Bonchev–Trinajstić information content (AvgIpc) is 2.53. The van der Waals surface area contributed by atoms with Crippen LogP contribution in [0.4, 0.5) is 10.1 Å². The van der Waals surface area contributed by atoms with Crippen molar-refractivity contribution in [1.29, 1.82) is 0 Å². The highest BCUT2D eigenvalue weighted by atomic mass is 32.2. The summed E-state index contributed by atoms with van der Waals surface area (Å²) in [6.07, 6.45) is 0.606. The molecular weight excluding hydrogens is 297 g/mol. The summed E-state index contributed by atoms with van der Waals surface area (Å²) in [6.45, 7) is 3.50. The van der Waals surface area contributed by atoms with Gasteiger partial charge in [-0.15, -0.1) is 0 Å². The van der Waals surface area contributed by atoms with Gasteiger partial charge in [0.15, 0.2) is 0 Å². The zero-order valence-electron chi connectivity index (χ0n) is 11.8. The second kappa shape index (κ2) is 5.70. The highest BCUT2D eigenvalue weighted by molar-refractivity contribution is 7.86. The van der Waals surface area contributed by atoms with Crippen LogP contribution in [0.1, 0.15) is 25.8 Å². The first-order chi connectivity index (χ1) is 9.74. The van der Waals surface area contributed by atoms with Crippen molar-refractivity contribution >= 4 is 21.8 Å². The Bertz CT molecular complexity index is 663. The van der Waals surface area contributed by atoms with Crippen molar-refractivity contribution in [2.45, 2.75) is 32.9 Å². The Morgan fingerprint density at radius 2 is 2.19 bits per heavy atom. The van der Waals surface area contributed by atoms with Crippen LogP contribution in [0.5, 0.6) is 0 Å². The maximum atomic E-state index is 13.4. The van der Waals surface area contributed by atoms with Crippen LogP contribution in [0.3, 0.4) is 0 Å². The lowest BCUT2D eigenvalue weighted by atomic mass is 9.98. The van der Waals surface area contributed by atoms with Crippen LogP contribution in [0.2, 0.25) is 0 Å². The molecule has 0 bridgehead atoms. The van der Waals surface area contributed by atoms with E-state index >= 15 is 0 Å². The topological polar surface area (TPSA) is 92.5 Å². The van der Waals surface area contributed by atoms with Gasteiger partial charge >= 0.3 is 0 Å². The van der Waals surface area contributed by atoms with Gasteiger partial charge in [-0.3, -0.25) is 4.79 Å². The van der Waals surface area contributed by atoms with Crippen LogP contribution in [0.25, 0.3) is 0 Å². The van der Waals surface area contributed by atoms with Gasteiger partial charge in [0, 0.05) is 12.2 Å². The van der Waals surface area contributed by atoms with E-state index in [1.807, 2.05) is 6.92 Å². The largest absolute Gasteiger partial charge is 0.324 e. The first-order valence-electron chi connectivity index (χ1n) is 6.63. The zero-order valence-corrected chi connectivity index (χ0v) is 12.7. The quantitative estimate of drug-likeness (QED) is 0.877. The van der Waals surface area contributed by atoms with Gasteiger partial charge in [-0.2, -0.15) is 12.7 Å². The van der Waals surface area contributed by atoms with Crippen molar-refractivity contribution in [3.8, 4) is 0 Å². The number of rotatable bonds is 3. The van der Waals surface area contributed by atoms with E-state index in [4.69, 9.17) is 5.14 Å². The van der Waals surface area contributed by atoms with Crippen LogP contribution < -0.4 is 10.5 Å². The average molecular weight is 315 g/mol. The van der Waals surface area contributed by atoms with Gasteiger partial charge in [0.05, 0.1) is 0 Å². The fraction of sp³-hybridized carbons (Fsp3) is 0.462. The van der Waals surface area contributed by atoms with Crippen LogP contribution in [-0.2, 0) is 21.5 Å². The van der Waals surface area contributed by atoms with Gasteiger partial charge in [0.25, 0.3) is 10.2 Å². The number of carbonyl (C=O) groups excluding carboxylic acids is 1. The van der Waals surface area contributed by atoms with E-state index in [9.17, 15) is 17.6 Å². The molecule has 116 valence electrons. The molecule has 2 atom stereocenters. The molecule has 1 aliphatic rings. The maximum Gasteiger partial charge on any atom is 0.277 e. The lowest BCUT2D eigenvalue weighted by molar-refractivity contribution is -0.121. The number of nitrogens with one attached hydrogen (secondary N) is 1. The first-order valence-corrected chi connectivity index (χ1v) is 8.13. The summed E-state index contributed by atoms with van der Waals surface area (Å²) in [4.78, 5) is 12.4. The highest BCUT2D eigenvalue weighted by Crippen LogP contribution is 2.28. The summed E-state index contributed by atoms with van der Waals surface area (Å²) in [5.41, 5.74) is 0.782. The molecule has 6 nitrogen and oxygen atoms in total. The predicted molar refractivity (Wildman–Crippen MR) is 76.9 cm³/mol. The summed E-state index contributed by atoms with van der Waals surface area (Å²) in [6, 6.07) is 2.92. The maximum absolute atomic E-state index is 13.4. The molecule has 8 heteroatoms.